The molecule has 0 aliphatic rings. The molecule has 0 aliphatic heterocycles. The standard InChI is InChI=1S/C6H5N3.C2H6/c1-2-8-9-4-3-7-5-6(1)9;1-2/h1-5H;1-2H3. The van der Waals surface area contributed by atoms with E-state index in [1.54, 1.807) is 23.1 Å². The molecule has 0 fully saturated rings. The van der Waals surface area contributed by atoms with Crippen LogP contribution in [0.2, 0.25) is 0 Å². The summed E-state index contributed by atoms with van der Waals surface area (Å²) in [4.78, 5) is 3.92. The highest BCUT2D eigenvalue weighted by molar-refractivity contribution is 5.41. The molecule has 0 N–H and O–H groups in total. The predicted molar refractivity (Wildman–Crippen MR) is 44.3 cm³/mol. The summed E-state index contributed by atoms with van der Waals surface area (Å²) >= 11 is 0. The summed E-state index contributed by atoms with van der Waals surface area (Å²) in [6.45, 7) is 4.00. The SMILES string of the molecule is CC.c1cn2nccc2cn1. The summed E-state index contributed by atoms with van der Waals surface area (Å²) in [5, 5.41) is 4.00. The lowest BCUT2D eigenvalue weighted by Gasteiger charge is -1.86. The van der Waals surface area contributed by atoms with Crippen molar-refractivity contribution in [2.45, 2.75) is 13.8 Å². The summed E-state index contributed by atoms with van der Waals surface area (Å²) in [6.07, 6.45) is 7.04. The van der Waals surface area contributed by atoms with Crippen LogP contribution in [-0.4, -0.2) is 14.6 Å². The minimum absolute atomic E-state index is 1.03. The lowest BCUT2D eigenvalue weighted by atomic mass is 10.5. The Morgan fingerprint density at radius 1 is 1.27 bits per heavy atom. The fraction of sp³-hybridized carbons (Fsp3) is 0.250. The molecule has 2 aromatic heterocycles. The maximum absolute atomic E-state index is 4.00. The van der Waals surface area contributed by atoms with Crippen molar-refractivity contribution in [1.82, 2.24) is 14.6 Å². The Morgan fingerprint density at radius 3 is 2.82 bits per heavy atom. The highest BCUT2D eigenvalue weighted by Crippen LogP contribution is 1.95. The van der Waals surface area contributed by atoms with Gasteiger partial charge in [-0.2, -0.15) is 5.10 Å². The van der Waals surface area contributed by atoms with E-state index in [1.165, 1.54) is 0 Å². The molecule has 3 nitrogen and oxygen atoms in total. The van der Waals surface area contributed by atoms with Crippen molar-refractivity contribution in [3.8, 4) is 0 Å². The third-order valence-electron chi connectivity index (χ3n) is 1.20. The van der Waals surface area contributed by atoms with Gasteiger partial charge in [0.05, 0.1) is 17.9 Å². The summed E-state index contributed by atoms with van der Waals surface area (Å²) < 4.78 is 1.77. The van der Waals surface area contributed by atoms with E-state index in [1.807, 2.05) is 26.1 Å². The Hall–Kier alpha value is -1.38. The first-order valence-corrected chi connectivity index (χ1v) is 3.70. The van der Waals surface area contributed by atoms with E-state index in [0.29, 0.717) is 0 Å². The van der Waals surface area contributed by atoms with Crippen LogP contribution in [0.4, 0.5) is 0 Å². The molecule has 0 atom stereocenters. The van der Waals surface area contributed by atoms with Crippen LogP contribution in [0.5, 0.6) is 0 Å². The number of hydrogen-bond acceptors (Lipinski definition) is 2. The van der Waals surface area contributed by atoms with Gasteiger partial charge >= 0.3 is 0 Å². The van der Waals surface area contributed by atoms with Gasteiger partial charge in [0.1, 0.15) is 0 Å². The number of nitrogens with zero attached hydrogens (tertiary/aromatic N) is 3. The zero-order valence-electron chi connectivity index (χ0n) is 6.73. The fourth-order valence-corrected chi connectivity index (χ4v) is 0.772. The molecule has 2 aromatic rings. The molecule has 2 rings (SSSR count). The van der Waals surface area contributed by atoms with Gasteiger partial charge in [-0.05, 0) is 6.07 Å². The summed E-state index contributed by atoms with van der Waals surface area (Å²) in [5.41, 5.74) is 1.03. The van der Waals surface area contributed by atoms with Gasteiger partial charge in [-0.15, -0.1) is 0 Å². The molecule has 0 aromatic carbocycles. The van der Waals surface area contributed by atoms with Gasteiger partial charge in [-0.25, -0.2) is 4.52 Å². The van der Waals surface area contributed by atoms with E-state index in [-0.39, 0.29) is 0 Å². The maximum Gasteiger partial charge on any atom is 0.0844 e. The lowest BCUT2D eigenvalue weighted by molar-refractivity contribution is 0.946. The highest BCUT2D eigenvalue weighted by Gasteiger charge is 1.86. The molecule has 58 valence electrons. The van der Waals surface area contributed by atoms with Crippen molar-refractivity contribution in [3.63, 3.8) is 0 Å². The van der Waals surface area contributed by atoms with Crippen molar-refractivity contribution in [2.24, 2.45) is 0 Å². The normalized spacial score (nSPS) is 8.91. The number of hydrogen-bond donors (Lipinski definition) is 0. The molecule has 11 heavy (non-hydrogen) atoms. The largest absolute Gasteiger partial charge is 0.261 e. The van der Waals surface area contributed by atoms with Gasteiger partial charge in [0.2, 0.25) is 0 Å². The predicted octanol–water partition coefficient (Wildman–Crippen LogP) is 1.76. The Balaban J connectivity index is 0.000000281. The topological polar surface area (TPSA) is 30.2 Å². The minimum Gasteiger partial charge on any atom is -0.261 e. The number of fused-ring (bicyclic) bond motifs is 1. The van der Waals surface area contributed by atoms with E-state index < -0.39 is 0 Å². The molecule has 0 amide bonds. The van der Waals surface area contributed by atoms with E-state index in [4.69, 9.17) is 0 Å². The summed E-state index contributed by atoms with van der Waals surface area (Å²) in [5.74, 6) is 0. The Kier molecular flexibility index (Phi) is 2.60. The smallest absolute Gasteiger partial charge is 0.0844 e. The molecule has 0 unspecified atom stereocenters. The van der Waals surface area contributed by atoms with E-state index in [2.05, 4.69) is 10.1 Å². The first-order chi connectivity index (χ1) is 5.47. The van der Waals surface area contributed by atoms with Crippen molar-refractivity contribution in [1.29, 1.82) is 0 Å². The quantitative estimate of drug-likeness (QED) is 0.571. The van der Waals surface area contributed by atoms with Crippen LogP contribution in [0.25, 0.3) is 5.52 Å². The van der Waals surface area contributed by atoms with Crippen LogP contribution in [-0.2, 0) is 0 Å². The van der Waals surface area contributed by atoms with Gasteiger partial charge in [-0.1, -0.05) is 13.8 Å². The van der Waals surface area contributed by atoms with Crippen LogP contribution < -0.4 is 0 Å². The monoisotopic (exact) mass is 149 g/mol. The van der Waals surface area contributed by atoms with Crippen molar-refractivity contribution in [3.05, 3.63) is 30.9 Å². The second-order valence-electron chi connectivity index (χ2n) is 1.78. The summed E-state index contributed by atoms with van der Waals surface area (Å²) in [7, 11) is 0. The molecule has 0 saturated carbocycles. The average molecular weight is 149 g/mol. The van der Waals surface area contributed by atoms with Crippen molar-refractivity contribution in [2.75, 3.05) is 0 Å². The Bertz CT molecular complexity index is 283. The second kappa shape index (κ2) is 3.71. The van der Waals surface area contributed by atoms with Gasteiger partial charge in [0.25, 0.3) is 0 Å². The lowest BCUT2D eigenvalue weighted by Crippen LogP contribution is -1.84. The Labute approximate surface area is 65.7 Å². The van der Waals surface area contributed by atoms with E-state index in [9.17, 15) is 0 Å². The van der Waals surface area contributed by atoms with Crippen LogP contribution in [0.15, 0.2) is 30.9 Å². The van der Waals surface area contributed by atoms with Crippen molar-refractivity contribution >= 4 is 5.52 Å². The zero-order valence-corrected chi connectivity index (χ0v) is 6.73. The van der Waals surface area contributed by atoms with Crippen molar-refractivity contribution < 1.29 is 0 Å². The van der Waals surface area contributed by atoms with Crippen LogP contribution in [0, 0.1) is 0 Å². The van der Waals surface area contributed by atoms with E-state index in [0.717, 1.165) is 5.52 Å². The van der Waals surface area contributed by atoms with Crippen LogP contribution in [0.1, 0.15) is 13.8 Å². The van der Waals surface area contributed by atoms with Gasteiger partial charge in [-0.3, -0.25) is 4.98 Å². The molecule has 0 radical (unpaired) electrons. The van der Waals surface area contributed by atoms with Crippen LogP contribution >= 0.6 is 0 Å². The second-order valence-corrected chi connectivity index (χ2v) is 1.78. The maximum atomic E-state index is 4.00. The molecule has 2 heterocycles. The fourth-order valence-electron chi connectivity index (χ4n) is 0.772. The average Bonchev–Trinajstić information content (AvgIpc) is 2.55. The van der Waals surface area contributed by atoms with Crippen LogP contribution in [0.3, 0.4) is 0 Å². The third kappa shape index (κ3) is 1.55. The van der Waals surface area contributed by atoms with Gasteiger partial charge in [0.15, 0.2) is 0 Å². The molecular formula is C8H11N3. The number of aromatic nitrogens is 3. The molecule has 0 spiro atoms. The molecule has 0 aliphatic carbocycles. The Morgan fingerprint density at radius 2 is 2.09 bits per heavy atom. The molecule has 0 saturated heterocycles. The summed E-state index contributed by atoms with van der Waals surface area (Å²) in [6, 6.07) is 1.91. The molecular weight excluding hydrogens is 138 g/mol. The third-order valence-corrected chi connectivity index (χ3v) is 1.20. The molecule has 3 heteroatoms. The zero-order chi connectivity index (χ0) is 8.10. The molecule has 0 bridgehead atoms. The van der Waals surface area contributed by atoms with E-state index >= 15 is 0 Å². The first kappa shape index (κ1) is 7.72. The number of rotatable bonds is 0. The first-order valence-electron chi connectivity index (χ1n) is 3.70. The van der Waals surface area contributed by atoms with Gasteiger partial charge < -0.3 is 0 Å². The highest BCUT2D eigenvalue weighted by atomic mass is 15.2. The minimum atomic E-state index is 1.03. The van der Waals surface area contributed by atoms with Gasteiger partial charge in [0, 0.05) is 12.4 Å².